The van der Waals surface area contributed by atoms with Crippen LogP contribution >= 0.6 is 0 Å². The number of fused-ring (bicyclic) bond motifs is 1. The third-order valence-electron chi connectivity index (χ3n) is 9.02. The molecule has 0 spiro atoms. The van der Waals surface area contributed by atoms with Crippen LogP contribution in [0.1, 0.15) is 95.1 Å². The average molecular weight is 630 g/mol. The number of nitrogens with zero attached hydrogens (tertiary/aromatic N) is 1. The van der Waals surface area contributed by atoms with Crippen LogP contribution in [0.2, 0.25) is 0 Å². The Kier molecular flexibility index (Phi) is 14.8. The first-order valence-electron chi connectivity index (χ1n) is 16.4. The molecule has 0 radical (unpaired) electrons. The lowest BCUT2D eigenvalue weighted by Crippen LogP contribution is -2.29. The first-order valence-corrected chi connectivity index (χ1v) is 17.7. The molecule has 1 amide bonds. The van der Waals surface area contributed by atoms with Crippen LogP contribution in [0.4, 0.5) is 11.4 Å². The summed E-state index contributed by atoms with van der Waals surface area (Å²) >= 11 is 0. The zero-order valence-corrected chi connectivity index (χ0v) is 28.0. The van der Waals surface area contributed by atoms with Crippen LogP contribution in [0, 0.1) is 5.41 Å². The van der Waals surface area contributed by atoms with Crippen molar-refractivity contribution in [3.05, 3.63) is 53.6 Å². The van der Waals surface area contributed by atoms with Gasteiger partial charge in [0.2, 0.25) is 5.91 Å². The number of aliphatic hydroxyl groups excluding tert-OH is 3. The fourth-order valence-corrected chi connectivity index (χ4v) is 8.00. The van der Waals surface area contributed by atoms with Crippen molar-refractivity contribution in [3.8, 4) is 0 Å². The Morgan fingerprint density at radius 1 is 1.07 bits per heavy atom. The molecule has 0 aliphatic carbocycles. The summed E-state index contributed by atoms with van der Waals surface area (Å²) in [5.41, 5.74) is 4.14. The SMILES string of the molecule is CCCC[C@@]1(CC)C[C@H](c2cccc(NC(=O)CCCCNCC(O)CCC(O)CO)c2)c2cc(N(C)C)ccc2S(=O)C1. The highest BCUT2D eigenvalue weighted by molar-refractivity contribution is 7.85. The van der Waals surface area contributed by atoms with E-state index in [1.807, 2.05) is 26.2 Å². The van der Waals surface area contributed by atoms with Gasteiger partial charge >= 0.3 is 0 Å². The van der Waals surface area contributed by atoms with Crippen molar-refractivity contribution in [1.82, 2.24) is 5.32 Å². The Hall–Kier alpha value is -2.30. The molecule has 3 unspecified atom stereocenters. The molecule has 2 aromatic carbocycles. The molecule has 0 aromatic heterocycles. The van der Waals surface area contributed by atoms with E-state index in [-0.39, 0.29) is 23.8 Å². The second-order valence-corrected chi connectivity index (χ2v) is 14.1. The van der Waals surface area contributed by atoms with E-state index >= 15 is 0 Å². The van der Waals surface area contributed by atoms with Crippen LogP contribution in [-0.2, 0) is 15.6 Å². The summed E-state index contributed by atoms with van der Waals surface area (Å²) in [4.78, 5) is 15.9. The molecule has 0 bridgehead atoms. The number of hydrogen-bond acceptors (Lipinski definition) is 7. The Bertz CT molecular complexity index is 1210. The highest BCUT2D eigenvalue weighted by atomic mass is 32.2. The summed E-state index contributed by atoms with van der Waals surface area (Å²) in [5.74, 6) is 0.743. The molecule has 2 aromatic rings. The smallest absolute Gasteiger partial charge is 0.224 e. The van der Waals surface area contributed by atoms with Crippen molar-refractivity contribution >= 4 is 28.1 Å². The molecule has 5 N–H and O–H groups in total. The molecule has 0 saturated carbocycles. The van der Waals surface area contributed by atoms with Crippen LogP contribution in [-0.4, -0.2) is 77.2 Å². The minimum Gasteiger partial charge on any atom is -0.394 e. The zero-order chi connectivity index (χ0) is 32.1. The minimum atomic E-state index is -1.08. The Balaban J connectivity index is 1.67. The number of benzene rings is 2. The van der Waals surface area contributed by atoms with Gasteiger partial charge in [-0.2, -0.15) is 0 Å². The molecular weight excluding hydrogens is 574 g/mol. The van der Waals surface area contributed by atoms with E-state index in [1.165, 1.54) is 0 Å². The number of carbonyl (C=O) groups excluding carboxylic acids is 1. The van der Waals surface area contributed by atoms with Gasteiger partial charge in [-0.3, -0.25) is 9.00 Å². The van der Waals surface area contributed by atoms with Crippen molar-refractivity contribution in [2.75, 3.05) is 49.8 Å². The van der Waals surface area contributed by atoms with Gasteiger partial charge in [-0.25, -0.2) is 0 Å². The van der Waals surface area contributed by atoms with Crippen LogP contribution in [0.3, 0.4) is 0 Å². The van der Waals surface area contributed by atoms with Gasteiger partial charge in [0.1, 0.15) is 0 Å². The predicted molar refractivity (Wildman–Crippen MR) is 181 cm³/mol. The zero-order valence-electron chi connectivity index (χ0n) is 27.2. The number of amides is 1. The number of nitrogens with one attached hydrogen (secondary N) is 2. The maximum Gasteiger partial charge on any atom is 0.224 e. The first kappa shape index (κ1) is 36.2. The van der Waals surface area contributed by atoms with Crippen molar-refractivity contribution in [2.45, 2.75) is 101 Å². The molecule has 44 heavy (non-hydrogen) atoms. The number of hydrogen-bond donors (Lipinski definition) is 5. The average Bonchev–Trinajstić information content (AvgIpc) is 3.14. The Morgan fingerprint density at radius 3 is 2.55 bits per heavy atom. The molecule has 1 aliphatic rings. The van der Waals surface area contributed by atoms with Crippen LogP contribution < -0.4 is 15.5 Å². The van der Waals surface area contributed by atoms with Crippen molar-refractivity contribution < 1.29 is 24.3 Å². The first-order chi connectivity index (χ1) is 21.1. The van der Waals surface area contributed by atoms with Gasteiger partial charge in [-0.1, -0.05) is 38.8 Å². The van der Waals surface area contributed by atoms with Gasteiger partial charge in [-0.15, -0.1) is 0 Å². The van der Waals surface area contributed by atoms with Crippen LogP contribution in [0.25, 0.3) is 0 Å². The van der Waals surface area contributed by atoms with Crippen molar-refractivity contribution in [3.63, 3.8) is 0 Å². The highest BCUT2D eigenvalue weighted by Crippen LogP contribution is 2.48. The maximum absolute atomic E-state index is 13.8. The summed E-state index contributed by atoms with van der Waals surface area (Å²) < 4.78 is 13.8. The van der Waals surface area contributed by atoms with Gasteiger partial charge in [-0.05, 0) is 98.4 Å². The third kappa shape index (κ3) is 10.7. The van der Waals surface area contributed by atoms with E-state index in [0.717, 1.165) is 72.3 Å². The maximum atomic E-state index is 13.8. The second-order valence-electron chi connectivity index (χ2n) is 12.7. The lowest BCUT2D eigenvalue weighted by atomic mass is 9.71. The molecule has 3 rings (SSSR count). The normalized spacial score (nSPS) is 21.2. The standard InChI is InChI=1S/C35H55N3O5S/c1-5-7-18-35(6-2)22-32(31-21-28(38(3)4)14-17-33(31)44(43)25-35)26-11-10-12-27(20-26)37-34(42)13-8-9-19-36-23-29(40)15-16-30(41)24-39/h10-12,14,17,20-21,29-30,32,36,39-41H,5-9,13,15-16,18-19,22-25H2,1-4H3,(H,37,42)/t29?,30?,32-,35+,44?/m1/s1. The molecule has 0 saturated heterocycles. The summed E-state index contributed by atoms with van der Waals surface area (Å²) in [6, 6.07) is 14.5. The van der Waals surface area contributed by atoms with Gasteiger partial charge in [0, 0.05) is 55.0 Å². The van der Waals surface area contributed by atoms with E-state index in [2.05, 4.69) is 59.7 Å². The number of rotatable bonds is 18. The number of anilines is 2. The van der Waals surface area contributed by atoms with E-state index in [9.17, 15) is 19.2 Å². The largest absolute Gasteiger partial charge is 0.394 e. The predicted octanol–water partition coefficient (Wildman–Crippen LogP) is 5.18. The van der Waals surface area contributed by atoms with Crippen LogP contribution in [0.5, 0.6) is 0 Å². The molecule has 8 nitrogen and oxygen atoms in total. The number of aliphatic hydroxyl groups is 3. The highest BCUT2D eigenvalue weighted by Gasteiger charge is 2.39. The van der Waals surface area contributed by atoms with E-state index in [4.69, 9.17) is 5.11 Å². The summed E-state index contributed by atoms with van der Waals surface area (Å²) in [7, 11) is 2.99. The van der Waals surface area contributed by atoms with E-state index in [0.29, 0.717) is 38.1 Å². The molecule has 1 aliphatic heterocycles. The number of unbranched alkanes of at least 4 members (excludes halogenated alkanes) is 2. The van der Waals surface area contributed by atoms with Crippen molar-refractivity contribution in [2.24, 2.45) is 5.41 Å². The van der Waals surface area contributed by atoms with Gasteiger partial charge in [0.05, 0.1) is 29.6 Å². The third-order valence-corrected chi connectivity index (χ3v) is 10.8. The molecule has 9 heteroatoms. The topological polar surface area (TPSA) is 122 Å². The lowest BCUT2D eigenvalue weighted by Gasteiger charge is -2.34. The quantitative estimate of drug-likeness (QED) is 0.144. The lowest BCUT2D eigenvalue weighted by molar-refractivity contribution is -0.116. The van der Waals surface area contributed by atoms with Crippen LogP contribution in [0.15, 0.2) is 47.4 Å². The van der Waals surface area contributed by atoms with E-state index in [1.54, 1.807) is 0 Å². The molecule has 5 atom stereocenters. The summed E-state index contributed by atoms with van der Waals surface area (Å²) in [6.45, 7) is 5.28. The number of carbonyl (C=O) groups is 1. The molecular formula is C35H55N3O5S. The Morgan fingerprint density at radius 2 is 1.84 bits per heavy atom. The minimum absolute atomic E-state index is 0.00709. The second kappa shape index (κ2) is 18.0. The van der Waals surface area contributed by atoms with Gasteiger partial charge in [0.15, 0.2) is 0 Å². The summed E-state index contributed by atoms with van der Waals surface area (Å²) in [6.07, 6.45) is 6.59. The Labute approximate surface area is 267 Å². The van der Waals surface area contributed by atoms with Crippen molar-refractivity contribution in [1.29, 1.82) is 0 Å². The fraction of sp³-hybridized carbons (Fsp3) is 0.629. The molecule has 0 fully saturated rings. The molecule has 1 heterocycles. The monoisotopic (exact) mass is 629 g/mol. The molecule has 246 valence electrons. The van der Waals surface area contributed by atoms with E-state index < -0.39 is 23.0 Å². The van der Waals surface area contributed by atoms with Gasteiger partial charge in [0.25, 0.3) is 0 Å². The summed E-state index contributed by atoms with van der Waals surface area (Å²) in [5, 5.41) is 34.6. The fourth-order valence-electron chi connectivity index (χ4n) is 6.14. The van der Waals surface area contributed by atoms with Gasteiger partial charge < -0.3 is 30.9 Å².